The molecule has 0 saturated carbocycles. The number of carbonyl (C=O) groups excluding carboxylic acids is 1. The largest absolute Gasteiger partial charge is 0.465 e. The van der Waals surface area contributed by atoms with Gasteiger partial charge in [-0.1, -0.05) is 17.7 Å². The second-order valence-corrected chi connectivity index (χ2v) is 8.28. The van der Waals surface area contributed by atoms with E-state index in [1.807, 2.05) is 12.1 Å². The molecule has 0 aromatic heterocycles. The molecule has 6 nitrogen and oxygen atoms in total. The summed E-state index contributed by atoms with van der Waals surface area (Å²) in [5.41, 5.74) is 8.32. The first kappa shape index (κ1) is 18.7. The fourth-order valence-electron chi connectivity index (χ4n) is 3.21. The number of hydrogen-bond donors (Lipinski definition) is 2. The van der Waals surface area contributed by atoms with E-state index in [4.69, 9.17) is 17.3 Å². The molecule has 26 heavy (non-hydrogen) atoms. The van der Waals surface area contributed by atoms with Crippen LogP contribution >= 0.6 is 11.6 Å². The number of anilines is 1. The Kier molecular flexibility index (Phi) is 5.22. The molecule has 1 aliphatic rings. The monoisotopic (exact) mass is 394 g/mol. The van der Waals surface area contributed by atoms with E-state index in [2.05, 4.69) is 9.46 Å². The van der Waals surface area contributed by atoms with Gasteiger partial charge in [-0.3, -0.25) is 0 Å². The third kappa shape index (κ3) is 3.70. The van der Waals surface area contributed by atoms with Crippen molar-refractivity contribution in [2.24, 2.45) is 0 Å². The van der Waals surface area contributed by atoms with Gasteiger partial charge in [-0.2, -0.15) is 0 Å². The first-order valence-electron chi connectivity index (χ1n) is 8.10. The highest BCUT2D eigenvalue weighted by Crippen LogP contribution is 2.33. The van der Waals surface area contributed by atoms with Crippen LogP contribution in [0, 0.1) is 0 Å². The Labute approximate surface area is 157 Å². The number of ether oxygens (including phenoxy) is 1. The summed E-state index contributed by atoms with van der Waals surface area (Å²) < 4.78 is 33.3. The fourth-order valence-corrected chi connectivity index (χ4v) is 4.81. The molecule has 3 N–H and O–H groups in total. The van der Waals surface area contributed by atoms with E-state index < -0.39 is 16.0 Å². The molecule has 138 valence electrons. The van der Waals surface area contributed by atoms with Gasteiger partial charge in [0.25, 0.3) is 0 Å². The van der Waals surface area contributed by atoms with Crippen LogP contribution in [0.1, 0.15) is 40.4 Å². The van der Waals surface area contributed by atoms with Crippen molar-refractivity contribution in [2.45, 2.75) is 30.2 Å². The van der Waals surface area contributed by atoms with Crippen LogP contribution in [0.15, 0.2) is 41.3 Å². The highest BCUT2D eigenvalue weighted by atomic mass is 35.5. The second kappa shape index (κ2) is 7.26. The van der Waals surface area contributed by atoms with Crippen molar-refractivity contribution in [1.82, 2.24) is 4.72 Å². The number of nitrogens with one attached hydrogen (secondary N) is 1. The molecule has 2 aromatic carbocycles. The third-order valence-corrected chi connectivity index (χ3v) is 6.18. The molecule has 0 spiro atoms. The number of methoxy groups -OCH3 is 1. The molecule has 0 amide bonds. The van der Waals surface area contributed by atoms with Gasteiger partial charge >= 0.3 is 5.97 Å². The number of rotatable bonds is 4. The highest BCUT2D eigenvalue weighted by molar-refractivity contribution is 7.89. The molecule has 1 unspecified atom stereocenters. The third-order valence-electron chi connectivity index (χ3n) is 4.42. The number of nitrogen functional groups attached to an aromatic ring is 1. The van der Waals surface area contributed by atoms with E-state index in [1.165, 1.54) is 25.3 Å². The predicted octanol–water partition coefficient (Wildman–Crippen LogP) is 3.06. The second-order valence-electron chi connectivity index (χ2n) is 6.16. The summed E-state index contributed by atoms with van der Waals surface area (Å²) in [4.78, 5) is 11.8. The number of aryl methyl sites for hydroxylation is 1. The molecule has 2 aromatic rings. The SMILES string of the molecule is COC(=O)c1cc(Cl)ccc1S(=O)(=O)NC1CCCc2cc(N)ccc21. The lowest BCUT2D eigenvalue weighted by molar-refractivity contribution is 0.0596. The summed E-state index contributed by atoms with van der Waals surface area (Å²) >= 11 is 5.91. The summed E-state index contributed by atoms with van der Waals surface area (Å²) in [5.74, 6) is -0.760. The first-order valence-corrected chi connectivity index (χ1v) is 9.96. The number of fused-ring (bicyclic) bond motifs is 1. The van der Waals surface area contributed by atoms with Crippen LogP contribution in [0.5, 0.6) is 0 Å². The molecule has 1 atom stereocenters. The van der Waals surface area contributed by atoms with Gasteiger partial charge in [-0.05, 0) is 60.7 Å². The number of carbonyl (C=O) groups is 1. The molecule has 0 bridgehead atoms. The number of hydrogen-bond acceptors (Lipinski definition) is 5. The molecule has 0 saturated heterocycles. The molecular weight excluding hydrogens is 376 g/mol. The van der Waals surface area contributed by atoms with Gasteiger partial charge in [-0.25, -0.2) is 17.9 Å². The van der Waals surface area contributed by atoms with E-state index in [0.29, 0.717) is 12.1 Å². The van der Waals surface area contributed by atoms with Gasteiger partial charge in [0.1, 0.15) is 0 Å². The van der Waals surface area contributed by atoms with Crippen LogP contribution in [0.25, 0.3) is 0 Å². The Bertz CT molecular complexity index is 960. The molecule has 8 heteroatoms. The number of benzene rings is 2. The minimum absolute atomic E-state index is 0.0964. The minimum atomic E-state index is -3.96. The first-order chi connectivity index (χ1) is 12.3. The molecule has 0 radical (unpaired) electrons. The van der Waals surface area contributed by atoms with Crippen molar-refractivity contribution in [3.05, 3.63) is 58.1 Å². The van der Waals surface area contributed by atoms with Crippen molar-refractivity contribution in [3.8, 4) is 0 Å². The number of sulfonamides is 1. The lowest BCUT2D eigenvalue weighted by atomic mass is 9.88. The zero-order valence-corrected chi connectivity index (χ0v) is 15.7. The van der Waals surface area contributed by atoms with Gasteiger partial charge < -0.3 is 10.5 Å². The number of halogens is 1. The Balaban J connectivity index is 1.98. The van der Waals surface area contributed by atoms with Gasteiger partial charge in [0.15, 0.2) is 0 Å². The van der Waals surface area contributed by atoms with Crippen molar-refractivity contribution in [1.29, 1.82) is 0 Å². The topological polar surface area (TPSA) is 98.5 Å². The smallest absolute Gasteiger partial charge is 0.339 e. The molecule has 1 aliphatic carbocycles. The highest BCUT2D eigenvalue weighted by Gasteiger charge is 2.29. The van der Waals surface area contributed by atoms with Crippen LogP contribution in [0.3, 0.4) is 0 Å². The number of nitrogens with two attached hydrogens (primary N) is 1. The molecule has 3 rings (SSSR count). The standard InChI is InChI=1S/C18H19ClN2O4S/c1-25-18(22)15-10-12(19)5-8-17(15)26(23,24)21-16-4-2-3-11-9-13(20)6-7-14(11)16/h5-10,16,21H,2-4,20H2,1H3. The summed E-state index contributed by atoms with van der Waals surface area (Å²) in [6, 6.07) is 9.12. The van der Waals surface area contributed by atoms with E-state index in [0.717, 1.165) is 24.0 Å². The van der Waals surface area contributed by atoms with E-state index in [9.17, 15) is 13.2 Å². The Hall–Kier alpha value is -2.09. The van der Waals surface area contributed by atoms with Crippen LogP contribution in [-0.4, -0.2) is 21.5 Å². The summed E-state index contributed by atoms with van der Waals surface area (Å²) in [6.45, 7) is 0. The van der Waals surface area contributed by atoms with Gasteiger partial charge in [-0.15, -0.1) is 0 Å². The van der Waals surface area contributed by atoms with Gasteiger partial charge in [0, 0.05) is 16.8 Å². The van der Waals surface area contributed by atoms with Crippen molar-refractivity contribution in [3.63, 3.8) is 0 Å². The van der Waals surface area contributed by atoms with Crippen LogP contribution in [0.4, 0.5) is 5.69 Å². The normalized spacial score (nSPS) is 16.8. The fraction of sp³-hybridized carbons (Fsp3) is 0.278. The maximum Gasteiger partial charge on any atom is 0.339 e. The van der Waals surface area contributed by atoms with Gasteiger partial charge in [0.2, 0.25) is 10.0 Å². The average Bonchev–Trinajstić information content (AvgIpc) is 2.60. The zero-order valence-electron chi connectivity index (χ0n) is 14.2. The molecule has 0 heterocycles. The van der Waals surface area contributed by atoms with Crippen LogP contribution in [0.2, 0.25) is 5.02 Å². The van der Waals surface area contributed by atoms with Crippen molar-refractivity contribution < 1.29 is 17.9 Å². The summed E-state index contributed by atoms with van der Waals surface area (Å²) in [7, 11) is -2.77. The predicted molar refractivity (Wildman–Crippen MR) is 99.6 cm³/mol. The summed E-state index contributed by atoms with van der Waals surface area (Å²) in [5, 5.41) is 0.253. The summed E-state index contributed by atoms with van der Waals surface area (Å²) in [6.07, 6.45) is 2.36. The van der Waals surface area contributed by atoms with Gasteiger partial charge in [0.05, 0.1) is 17.6 Å². The quantitative estimate of drug-likeness (QED) is 0.613. The van der Waals surface area contributed by atoms with E-state index in [1.54, 1.807) is 6.07 Å². The molecular formula is C18H19ClN2O4S. The van der Waals surface area contributed by atoms with Crippen LogP contribution in [-0.2, 0) is 21.2 Å². The maximum absolute atomic E-state index is 12.9. The minimum Gasteiger partial charge on any atom is -0.465 e. The van der Waals surface area contributed by atoms with Crippen LogP contribution < -0.4 is 10.5 Å². The molecule has 0 fully saturated rings. The Morgan fingerprint density at radius 3 is 2.77 bits per heavy atom. The molecule has 0 aliphatic heterocycles. The van der Waals surface area contributed by atoms with E-state index >= 15 is 0 Å². The Morgan fingerprint density at radius 2 is 2.04 bits per heavy atom. The maximum atomic E-state index is 12.9. The van der Waals surface area contributed by atoms with E-state index in [-0.39, 0.29) is 21.5 Å². The lowest BCUT2D eigenvalue weighted by Crippen LogP contribution is -2.32. The Morgan fingerprint density at radius 1 is 1.27 bits per heavy atom. The lowest BCUT2D eigenvalue weighted by Gasteiger charge is -2.26. The van der Waals surface area contributed by atoms with Crippen molar-refractivity contribution in [2.75, 3.05) is 12.8 Å². The van der Waals surface area contributed by atoms with Crippen molar-refractivity contribution >= 4 is 33.3 Å². The number of esters is 1. The zero-order chi connectivity index (χ0) is 18.9. The average molecular weight is 395 g/mol.